The van der Waals surface area contributed by atoms with Gasteiger partial charge < -0.3 is 14.6 Å². The minimum Gasteiger partial charge on any atom is -0.453 e. The number of Topliss-reactive ketones (excluding diaryl/α,β-unsaturated/α-hetero) is 1. The summed E-state index contributed by atoms with van der Waals surface area (Å²) in [5.74, 6) is -3.87. The number of ether oxygens (including phenoxy) is 2. The smallest absolute Gasteiger partial charge is 0.417 e. The molecule has 1 saturated heterocycles. The lowest BCUT2D eigenvalue weighted by atomic mass is 9.92. The minimum atomic E-state index is -1.58. The number of cyclic esters (lactones) is 1. The fourth-order valence-corrected chi connectivity index (χ4v) is 4.67. The van der Waals surface area contributed by atoms with Crippen molar-refractivity contribution in [2.75, 3.05) is 6.61 Å². The van der Waals surface area contributed by atoms with Gasteiger partial charge >= 0.3 is 12.1 Å². The van der Waals surface area contributed by atoms with Crippen LogP contribution < -0.4 is 0 Å². The van der Waals surface area contributed by atoms with E-state index in [1.54, 1.807) is 49.4 Å². The first-order valence-electron chi connectivity index (χ1n) is 13.3. The highest BCUT2D eigenvalue weighted by molar-refractivity contribution is 6.25. The molecule has 212 valence electrons. The average molecular weight is 550 g/mol. The molecule has 4 unspecified atom stereocenters. The predicted molar refractivity (Wildman–Crippen MR) is 147 cm³/mol. The highest BCUT2D eigenvalue weighted by atomic mass is 16.6. The second kappa shape index (κ2) is 13.8. The zero-order valence-corrected chi connectivity index (χ0v) is 23.2. The van der Waals surface area contributed by atoms with Crippen LogP contribution in [0.25, 0.3) is 5.57 Å². The van der Waals surface area contributed by atoms with Crippen LogP contribution >= 0.6 is 0 Å². The molecule has 9 nitrogen and oxygen atoms in total. The Bertz CT molecular complexity index is 1290. The van der Waals surface area contributed by atoms with Crippen LogP contribution in [-0.2, 0) is 28.7 Å². The lowest BCUT2D eigenvalue weighted by Crippen LogP contribution is -2.47. The molecular weight excluding hydrogens is 514 g/mol. The van der Waals surface area contributed by atoms with E-state index in [4.69, 9.17) is 14.6 Å². The number of carbonyl (C=O) groups excluding carboxylic acids is 5. The van der Waals surface area contributed by atoms with Crippen molar-refractivity contribution in [3.63, 3.8) is 0 Å². The highest BCUT2D eigenvalue weighted by Crippen LogP contribution is 2.34. The lowest BCUT2D eigenvalue weighted by molar-refractivity contribution is -0.158. The van der Waals surface area contributed by atoms with E-state index in [1.807, 2.05) is 19.1 Å². The fourth-order valence-electron chi connectivity index (χ4n) is 4.67. The van der Waals surface area contributed by atoms with E-state index in [9.17, 15) is 24.0 Å². The first-order chi connectivity index (χ1) is 19.0. The summed E-state index contributed by atoms with van der Waals surface area (Å²) in [5, 5.41) is 9.10. The summed E-state index contributed by atoms with van der Waals surface area (Å²) in [7, 11) is 0. The molecule has 0 bridgehead atoms. The maximum absolute atomic E-state index is 13.6. The molecule has 0 saturated carbocycles. The maximum atomic E-state index is 13.6. The van der Waals surface area contributed by atoms with E-state index in [0.29, 0.717) is 24.0 Å². The zero-order valence-electron chi connectivity index (χ0n) is 23.2. The number of ketones is 2. The summed E-state index contributed by atoms with van der Waals surface area (Å²) in [6, 6.07) is 15.3. The molecule has 0 aromatic heterocycles. The van der Waals surface area contributed by atoms with E-state index in [1.165, 1.54) is 6.92 Å². The van der Waals surface area contributed by atoms with E-state index in [-0.39, 0.29) is 24.4 Å². The van der Waals surface area contributed by atoms with Crippen LogP contribution in [0.1, 0.15) is 62.8 Å². The van der Waals surface area contributed by atoms with Gasteiger partial charge in [0.2, 0.25) is 5.91 Å². The topological polar surface area (TPSA) is 127 Å². The number of aliphatic hydroxyl groups excluding tert-OH is 1. The van der Waals surface area contributed by atoms with Crippen LogP contribution in [0, 0.1) is 12.8 Å². The van der Waals surface area contributed by atoms with Crippen molar-refractivity contribution in [1.29, 1.82) is 0 Å². The van der Waals surface area contributed by atoms with Gasteiger partial charge in [0.1, 0.15) is 6.10 Å². The van der Waals surface area contributed by atoms with E-state index in [2.05, 4.69) is 0 Å². The SMILES string of the molecule is CC(=O)OC(C(=O)C=C(C(=O)CCCCO)c1cccc(C)c1)C(C)C(=O)N1C(=O)OC(c2ccccc2)C1C. The maximum Gasteiger partial charge on any atom is 0.417 e. The Morgan fingerprint density at radius 1 is 1.07 bits per heavy atom. The molecule has 1 fully saturated rings. The van der Waals surface area contributed by atoms with Crippen molar-refractivity contribution in [2.24, 2.45) is 5.92 Å². The van der Waals surface area contributed by atoms with Gasteiger partial charge in [0.25, 0.3) is 0 Å². The zero-order chi connectivity index (χ0) is 29.4. The minimum absolute atomic E-state index is 0.0632. The predicted octanol–water partition coefficient (Wildman–Crippen LogP) is 4.36. The number of esters is 1. The van der Waals surface area contributed by atoms with Crippen molar-refractivity contribution < 1.29 is 38.6 Å². The normalized spacial score (nSPS) is 18.6. The fraction of sp³-hybridized carbons (Fsp3) is 0.387. The first-order valence-corrected chi connectivity index (χ1v) is 13.3. The quantitative estimate of drug-likeness (QED) is 0.235. The third-order valence-electron chi connectivity index (χ3n) is 6.78. The molecular formula is C31H35NO8. The van der Waals surface area contributed by atoms with Gasteiger partial charge in [0.05, 0.1) is 12.0 Å². The van der Waals surface area contributed by atoms with Crippen molar-refractivity contribution in [3.05, 3.63) is 77.4 Å². The summed E-state index contributed by atoms with van der Waals surface area (Å²) in [5.41, 5.74) is 2.20. The summed E-state index contributed by atoms with van der Waals surface area (Å²) in [6.45, 7) is 5.96. The van der Waals surface area contributed by atoms with Crippen LogP contribution in [0.5, 0.6) is 0 Å². The standard InChI is InChI=1S/C31H35NO8/c1-19-11-10-14-24(17-19)25(26(35)15-8-9-16-33)18-27(36)28(39-22(4)34)20(2)30(37)32-21(3)29(40-31(32)38)23-12-6-5-7-13-23/h5-7,10-14,17-18,20-21,28-29,33H,8-9,15-16H2,1-4H3. The van der Waals surface area contributed by atoms with Crippen LogP contribution in [0.15, 0.2) is 60.7 Å². The highest BCUT2D eigenvalue weighted by Gasteiger charge is 2.47. The van der Waals surface area contributed by atoms with Crippen LogP contribution in [0.2, 0.25) is 0 Å². The Kier molecular flexibility index (Phi) is 10.5. The van der Waals surface area contributed by atoms with Gasteiger partial charge in [-0.3, -0.25) is 19.2 Å². The number of aliphatic hydroxyl groups is 1. The number of aryl methyl sites for hydroxylation is 1. The molecule has 1 N–H and O–H groups in total. The molecule has 0 radical (unpaired) electrons. The molecule has 40 heavy (non-hydrogen) atoms. The molecule has 0 aliphatic carbocycles. The molecule has 9 heteroatoms. The molecule has 2 aromatic carbocycles. The van der Waals surface area contributed by atoms with Gasteiger partial charge in [-0.05, 0) is 50.8 Å². The Morgan fingerprint density at radius 2 is 1.77 bits per heavy atom. The van der Waals surface area contributed by atoms with E-state index >= 15 is 0 Å². The number of carbonyl (C=O) groups is 5. The third-order valence-corrected chi connectivity index (χ3v) is 6.78. The number of rotatable bonds is 12. The van der Waals surface area contributed by atoms with Crippen LogP contribution in [-0.4, -0.2) is 58.3 Å². The number of hydrogen-bond acceptors (Lipinski definition) is 8. The number of unbranched alkanes of at least 4 members (excludes halogenated alkanes) is 1. The molecule has 1 aliphatic rings. The molecule has 1 aliphatic heterocycles. The second-order valence-electron chi connectivity index (χ2n) is 9.92. The number of imide groups is 1. The molecule has 3 rings (SSSR count). The molecule has 4 atom stereocenters. The van der Waals surface area contributed by atoms with Crippen molar-refractivity contribution in [2.45, 2.75) is 65.2 Å². The second-order valence-corrected chi connectivity index (χ2v) is 9.92. The average Bonchev–Trinajstić information content (AvgIpc) is 3.23. The Hall–Kier alpha value is -4.11. The third kappa shape index (κ3) is 7.30. The molecule has 0 spiro atoms. The number of benzene rings is 2. The van der Waals surface area contributed by atoms with Gasteiger partial charge in [-0.25, -0.2) is 9.69 Å². The monoisotopic (exact) mass is 549 g/mol. The van der Waals surface area contributed by atoms with Gasteiger partial charge in [0.15, 0.2) is 17.7 Å². The van der Waals surface area contributed by atoms with Crippen LogP contribution in [0.3, 0.4) is 0 Å². The summed E-state index contributed by atoms with van der Waals surface area (Å²) < 4.78 is 10.8. The number of amides is 2. The number of allylic oxidation sites excluding steroid dienone is 1. The van der Waals surface area contributed by atoms with Gasteiger partial charge in [-0.1, -0.05) is 60.2 Å². The molecule has 2 aromatic rings. The van der Waals surface area contributed by atoms with Crippen LogP contribution in [0.4, 0.5) is 4.79 Å². The first kappa shape index (κ1) is 30.4. The summed E-state index contributed by atoms with van der Waals surface area (Å²) in [4.78, 5) is 65.9. The Labute approximate surface area is 233 Å². The van der Waals surface area contributed by atoms with Gasteiger partial charge in [-0.2, -0.15) is 0 Å². The van der Waals surface area contributed by atoms with E-state index in [0.717, 1.165) is 23.5 Å². The Balaban J connectivity index is 1.92. The van der Waals surface area contributed by atoms with Gasteiger partial charge in [-0.15, -0.1) is 0 Å². The Morgan fingerprint density at radius 3 is 2.40 bits per heavy atom. The van der Waals surface area contributed by atoms with Gasteiger partial charge in [0, 0.05) is 25.5 Å². The summed E-state index contributed by atoms with van der Waals surface area (Å²) >= 11 is 0. The van der Waals surface area contributed by atoms with Crippen molar-refractivity contribution in [1.82, 2.24) is 4.90 Å². The number of hydrogen-bond donors (Lipinski definition) is 1. The molecule has 1 heterocycles. The van der Waals surface area contributed by atoms with Crippen molar-refractivity contribution >= 4 is 35.1 Å². The van der Waals surface area contributed by atoms with Crippen molar-refractivity contribution in [3.8, 4) is 0 Å². The lowest BCUT2D eigenvalue weighted by Gasteiger charge is -2.26. The molecule has 2 amide bonds. The van der Waals surface area contributed by atoms with E-state index < -0.39 is 47.9 Å². The largest absolute Gasteiger partial charge is 0.453 e. The number of nitrogens with zero attached hydrogens (tertiary/aromatic N) is 1. The summed E-state index contributed by atoms with van der Waals surface area (Å²) in [6.07, 6.45) is -1.09.